The van der Waals surface area contributed by atoms with Crippen LogP contribution in [0.15, 0.2) is 18.2 Å². The Labute approximate surface area is 102 Å². The number of amides is 1. The predicted octanol–water partition coefficient (Wildman–Crippen LogP) is 2.42. The number of hydrogen-bond donors (Lipinski definition) is 1. The standard InChI is InChI=1S/C14H18N2O/c1-16-8-2-3-10-6-7-12(9-13(10)16)15-14(17)11-4-5-11/h6-7,9,11H,2-5,8H2,1H3,(H,15,17). The lowest BCUT2D eigenvalue weighted by atomic mass is 10.0. The second-order valence-corrected chi connectivity index (χ2v) is 5.13. The summed E-state index contributed by atoms with van der Waals surface area (Å²) in [5.74, 6) is 0.451. The van der Waals surface area contributed by atoms with Gasteiger partial charge in [0.05, 0.1) is 0 Å². The zero-order valence-electron chi connectivity index (χ0n) is 10.2. The van der Waals surface area contributed by atoms with Crippen LogP contribution in [-0.4, -0.2) is 19.5 Å². The number of benzene rings is 1. The fraction of sp³-hybridized carbons (Fsp3) is 0.500. The van der Waals surface area contributed by atoms with Crippen molar-refractivity contribution in [3.63, 3.8) is 0 Å². The van der Waals surface area contributed by atoms with Crippen LogP contribution >= 0.6 is 0 Å². The fourth-order valence-corrected chi connectivity index (χ4v) is 2.43. The molecule has 1 N–H and O–H groups in total. The van der Waals surface area contributed by atoms with Crippen molar-refractivity contribution < 1.29 is 4.79 Å². The summed E-state index contributed by atoms with van der Waals surface area (Å²) in [7, 11) is 2.12. The summed E-state index contributed by atoms with van der Waals surface area (Å²) in [5, 5.41) is 3.01. The van der Waals surface area contributed by atoms with E-state index in [9.17, 15) is 4.79 Å². The van der Waals surface area contributed by atoms with Crippen molar-refractivity contribution in [1.82, 2.24) is 0 Å². The maximum absolute atomic E-state index is 11.7. The molecule has 90 valence electrons. The van der Waals surface area contributed by atoms with E-state index in [1.807, 2.05) is 6.07 Å². The number of hydrogen-bond acceptors (Lipinski definition) is 2. The van der Waals surface area contributed by atoms with Gasteiger partial charge in [0.15, 0.2) is 0 Å². The van der Waals surface area contributed by atoms with Gasteiger partial charge in [-0.25, -0.2) is 0 Å². The third-order valence-electron chi connectivity index (χ3n) is 3.65. The maximum atomic E-state index is 11.7. The summed E-state index contributed by atoms with van der Waals surface area (Å²) in [4.78, 5) is 14.0. The topological polar surface area (TPSA) is 32.3 Å². The van der Waals surface area contributed by atoms with Crippen molar-refractivity contribution in [1.29, 1.82) is 0 Å². The molecule has 0 unspecified atom stereocenters. The van der Waals surface area contributed by atoms with E-state index in [1.165, 1.54) is 17.7 Å². The predicted molar refractivity (Wildman–Crippen MR) is 69.4 cm³/mol. The first-order valence-corrected chi connectivity index (χ1v) is 6.39. The molecule has 1 aliphatic carbocycles. The number of nitrogens with one attached hydrogen (secondary N) is 1. The Kier molecular flexibility index (Phi) is 2.54. The lowest BCUT2D eigenvalue weighted by Gasteiger charge is -2.28. The quantitative estimate of drug-likeness (QED) is 0.846. The van der Waals surface area contributed by atoms with Crippen LogP contribution in [0.4, 0.5) is 11.4 Å². The van der Waals surface area contributed by atoms with Crippen LogP contribution in [0, 0.1) is 5.92 Å². The molecule has 1 aromatic rings. The highest BCUT2D eigenvalue weighted by Gasteiger charge is 2.29. The average molecular weight is 230 g/mol. The molecular formula is C14H18N2O. The minimum atomic E-state index is 0.184. The monoisotopic (exact) mass is 230 g/mol. The van der Waals surface area contributed by atoms with E-state index in [4.69, 9.17) is 0 Å². The third kappa shape index (κ3) is 2.14. The normalized spacial score (nSPS) is 18.8. The highest BCUT2D eigenvalue weighted by Crippen LogP contribution is 2.32. The van der Waals surface area contributed by atoms with Gasteiger partial charge in [-0.15, -0.1) is 0 Å². The SMILES string of the molecule is CN1CCCc2ccc(NC(=O)C3CC3)cc21. The van der Waals surface area contributed by atoms with Gasteiger partial charge in [0.25, 0.3) is 0 Å². The van der Waals surface area contributed by atoms with E-state index >= 15 is 0 Å². The van der Waals surface area contributed by atoms with Gasteiger partial charge < -0.3 is 10.2 Å². The smallest absolute Gasteiger partial charge is 0.227 e. The molecule has 1 amide bonds. The Hall–Kier alpha value is -1.51. The molecule has 3 nitrogen and oxygen atoms in total. The summed E-state index contributed by atoms with van der Waals surface area (Å²) in [6, 6.07) is 6.28. The highest BCUT2D eigenvalue weighted by molar-refractivity contribution is 5.94. The van der Waals surface area contributed by atoms with Crippen molar-refractivity contribution in [3.05, 3.63) is 23.8 Å². The molecule has 17 heavy (non-hydrogen) atoms. The van der Waals surface area contributed by atoms with Crippen molar-refractivity contribution in [2.75, 3.05) is 23.8 Å². The van der Waals surface area contributed by atoms with Crippen molar-refractivity contribution in [2.45, 2.75) is 25.7 Å². The largest absolute Gasteiger partial charge is 0.374 e. The van der Waals surface area contributed by atoms with Crippen LogP contribution in [-0.2, 0) is 11.2 Å². The second kappa shape index (κ2) is 4.06. The lowest BCUT2D eigenvalue weighted by molar-refractivity contribution is -0.117. The van der Waals surface area contributed by atoms with E-state index in [0.29, 0.717) is 0 Å². The van der Waals surface area contributed by atoms with Gasteiger partial charge in [-0.05, 0) is 43.4 Å². The summed E-state index contributed by atoms with van der Waals surface area (Å²) >= 11 is 0. The molecule has 0 radical (unpaired) electrons. The zero-order chi connectivity index (χ0) is 11.8. The second-order valence-electron chi connectivity index (χ2n) is 5.13. The van der Waals surface area contributed by atoms with Crippen LogP contribution in [0.5, 0.6) is 0 Å². The van der Waals surface area contributed by atoms with Crippen LogP contribution < -0.4 is 10.2 Å². The number of nitrogens with zero attached hydrogens (tertiary/aromatic N) is 1. The van der Waals surface area contributed by atoms with E-state index in [1.54, 1.807) is 0 Å². The van der Waals surface area contributed by atoms with E-state index in [2.05, 4.69) is 29.4 Å². The number of anilines is 2. The molecule has 1 aliphatic heterocycles. The fourth-order valence-electron chi connectivity index (χ4n) is 2.43. The third-order valence-corrected chi connectivity index (χ3v) is 3.65. The van der Waals surface area contributed by atoms with Gasteiger partial charge in [0.1, 0.15) is 0 Å². The molecule has 0 aromatic heterocycles. The molecule has 0 saturated heterocycles. The van der Waals surface area contributed by atoms with E-state index in [0.717, 1.165) is 31.5 Å². The maximum Gasteiger partial charge on any atom is 0.227 e. The molecular weight excluding hydrogens is 212 g/mol. The highest BCUT2D eigenvalue weighted by atomic mass is 16.2. The molecule has 1 aromatic carbocycles. The molecule has 1 heterocycles. The Morgan fingerprint density at radius 2 is 2.24 bits per heavy atom. The van der Waals surface area contributed by atoms with Gasteiger partial charge in [-0.2, -0.15) is 0 Å². The first kappa shape index (κ1) is 10.6. The Balaban J connectivity index is 1.81. The van der Waals surface area contributed by atoms with Gasteiger partial charge in [0.2, 0.25) is 5.91 Å². The average Bonchev–Trinajstić information content (AvgIpc) is 3.14. The lowest BCUT2D eigenvalue weighted by Crippen LogP contribution is -2.25. The minimum absolute atomic E-state index is 0.184. The van der Waals surface area contributed by atoms with Crippen LogP contribution in [0.2, 0.25) is 0 Å². The molecule has 3 heteroatoms. The van der Waals surface area contributed by atoms with Crippen LogP contribution in [0.1, 0.15) is 24.8 Å². The molecule has 0 spiro atoms. The molecule has 1 fully saturated rings. The number of carbonyl (C=O) groups is 1. The van der Waals surface area contributed by atoms with Crippen LogP contribution in [0.25, 0.3) is 0 Å². The number of aryl methyl sites for hydroxylation is 1. The molecule has 3 rings (SSSR count). The number of rotatable bonds is 2. The first-order valence-electron chi connectivity index (χ1n) is 6.39. The first-order chi connectivity index (χ1) is 8.24. The van der Waals surface area contributed by atoms with E-state index < -0.39 is 0 Å². The Morgan fingerprint density at radius 3 is 3.00 bits per heavy atom. The summed E-state index contributed by atoms with van der Waals surface area (Å²) < 4.78 is 0. The van der Waals surface area contributed by atoms with Crippen molar-refractivity contribution in [2.24, 2.45) is 5.92 Å². The summed E-state index contributed by atoms with van der Waals surface area (Å²) in [5.41, 5.74) is 3.60. The van der Waals surface area contributed by atoms with Gasteiger partial charge in [-0.1, -0.05) is 6.07 Å². The number of fused-ring (bicyclic) bond motifs is 1. The minimum Gasteiger partial charge on any atom is -0.374 e. The number of carbonyl (C=O) groups excluding carboxylic acids is 1. The van der Waals surface area contributed by atoms with Gasteiger partial charge in [-0.3, -0.25) is 4.79 Å². The molecule has 2 aliphatic rings. The Bertz CT molecular complexity index is 452. The van der Waals surface area contributed by atoms with Crippen molar-refractivity contribution in [3.8, 4) is 0 Å². The zero-order valence-corrected chi connectivity index (χ0v) is 10.2. The van der Waals surface area contributed by atoms with E-state index in [-0.39, 0.29) is 11.8 Å². The molecule has 1 saturated carbocycles. The summed E-state index contributed by atoms with van der Waals surface area (Å²) in [6.07, 6.45) is 4.47. The van der Waals surface area contributed by atoms with Gasteiger partial charge in [0, 0.05) is 30.9 Å². The Morgan fingerprint density at radius 1 is 1.41 bits per heavy atom. The summed E-state index contributed by atoms with van der Waals surface area (Å²) in [6.45, 7) is 1.10. The molecule has 0 bridgehead atoms. The molecule has 0 atom stereocenters. The van der Waals surface area contributed by atoms with Crippen LogP contribution in [0.3, 0.4) is 0 Å². The van der Waals surface area contributed by atoms with Crippen molar-refractivity contribution >= 4 is 17.3 Å². The van der Waals surface area contributed by atoms with Gasteiger partial charge >= 0.3 is 0 Å².